The van der Waals surface area contributed by atoms with Gasteiger partial charge in [0.1, 0.15) is 17.3 Å². The van der Waals surface area contributed by atoms with E-state index in [-0.39, 0.29) is 11.5 Å². The molecule has 1 saturated heterocycles. The number of carbonyl (C=O) groups excluding carboxylic acids is 1. The number of fused-ring (bicyclic) bond motifs is 1. The number of carbonyl (C=O) groups is 1. The average Bonchev–Trinajstić information content (AvgIpc) is 3.17. The Balaban J connectivity index is 1.41. The van der Waals surface area contributed by atoms with Crippen molar-refractivity contribution in [3.05, 3.63) is 95.8 Å². The van der Waals surface area contributed by atoms with Gasteiger partial charge in [0.05, 0.1) is 6.61 Å². The van der Waals surface area contributed by atoms with Gasteiger partial charge in [-0.15, -0.1) is 0 Å². The number of hydrogen-bond donors (Lipinski definition) is 2. The van der Waals surface area contributed by atoms with Gasteiger partial charge in [0, 0.05) is 22.7 Å². The number of rotatable bonds is 7. The summed E-state index contributed by atoms with van der Waals surface area (Å²) in [6.07, 6.45) is 5.93. The summed E-state index contributed by atoms with van der Waals surface area (Å²) in [5.74, 6) is 0.229. The van der Waals surface area contributed by atoms with Crippen molar-refractivity contribution < 1.29 is 19.0 Å². The van der Waals surface area contributed by atoms with Crippen LogP contribution in [-0.2, 0) is 0 Å². The van der Waals surface area contributed by atoms with Gasteiger partial charge in [-0.2, -0.15) is 0 Å². The third kappa shape index (κ3) is 5.26. The number of ketones is 1. The van der Waals surface area contributed by atoms with Crippen molar-refractivity contribution in [1.29, 1.82) is 0 Å². The fourth-order valence-corrected chi connectivity index (χ4v) is 4.98. The summed E-state index contributed by atoms with van der Waals surface area (Å²) >= 11 is 0. The van der Waals surface area contributed by atoms with Gasteiger partial charge in [-0.25, -0.2) is 4.39 Å². The molecule has 0 saturated carbocycles. The van der Waals surface area contributed by atoms with Gasteiger partial charge in [-0.1, -0.05) is 43.2 Å². The number of phenols is 1. The minimum Gasteiger partial charge on any atom is -0.508 e. The maximum atomic E-state index is 14.7. The zero-order chi connectivity index (χ0) is 24.9. The smallest absolute Gasteiger partial charge is 0.194 e. The molecule has 1 aliphatic heterocycles. The molecule has 0 bridgehead atoms. The molecule has 4 nitrogen and oxygen atoms in total. The predicted molar refractivity (Wildman–Crippen MR) is 141 cm³/mol. The van der Waals surface area contributed by atoms with Crippen molar-refractivity contribution in [2.24, 2.45) is 0 Å². The first-order valence-electron chi connectivity index (χ1n) is 12.6. The summed E-state index contributed by atoms with van der Waals surface area (Å²) in [5.41, 5.74) is 1.78. The summed E-state index contributed by atoms with van der Waals surface area (Å²) in [4.78, 5) is 13.8. The zero-order valence-electron chi connectivity index (χ0n) is 20.2. The Morgan fingerprint density at radius 2 is 1.78 bits per heavy atom. The van der Waals surface area contributed by atoms with Crippen LogP contribution in [0.4, 0.5) is 4.39 Å². The number of aromatic hydroxyl groups is 1. The van der Waals surface area contributed by atoms with Gasteiger partial charge >= 0.3 is 0 Å². The molecule has 5 heteroatoms. The molecule has 1 heterocycles. The van der Waals surface area contributed by atoms with E-state index >= 15 is 0 Å². The predicted octanol–water partition coefficient (Wildman–Crippen LogP) is 6.88. The molecule has 0 amide bonds. The molecule has 184 valence electrons. The van der Waals surface area contributed by atoms with Crippen molar-refractivity contribution in [3.63, 3.8) is 0 Å². The van der Waals surface area contributed by atoms with Crippen LogP contribution in [-0.4, -0.2) is 30.1 Å². The molecule has 1 atom stereocenters. The molecule has 0 aromatic heterocycles. The van der Waals surface area contributed by atoms with E-state index in [4.69, 9.17) is 4.74 Å². The molecule has 1 aliphatic rings. The van der Waals surface area contributed by atoms with E-state index in [0.29, 0.717) is 45.7 Å². The second kappa shape index (κ2) is 10.9. The van der Waals surface area contributed by atoms with Gasteiger partial charge < -0.3 is 15.2 Å². The van der Waals surface area contributed by atoms with Gasteiger partial charge in [0.2, 0.25) is 0 Å². The van der Waals surface area contributed by atoms with E-state index < -0.39 is 5.82 Å². The molecule has 1 fully saturated rings. The van der Waals surface area contributed by atoms with Gasteiger partial charge in [-0.05, 0) is 90.7 Å². The molecule has 5 rings (SSSR count). The summed E-state index contributed by atoms with van der Waals surface area (Å²) in [6.45, 7) is 1.69. The summed E-state index contributed by atoms with van der Waals surface area (Å²) in [5, 5.41) is 14.9. The van der Waals surface area contributed by atoms with Crippen LogP contribution in [0.15, 0.2) is 78.9 Å². The average molecular weight is 484 g/mol. The minimum atomic E-state index is -0.392. The molecule has 0 aliphatic carbocycles. The van der Waals surface area contributed by atoms with Crippen molar-refractivity contribution in [3.8, 4) is 22.6 Å². The highest BCUT2D eigenvalue weighted by Crippen LogP contribution is 2.35. The van der Waals surface area contributed by atoms with E-state index in [9.17, 15) is 14.3 Å². The Morgan fingerprint density at radius 1 is 0.944 bits per heavy atom. The number of ether oxygens (including phenoxy) is 1. The highest BCUT2D eigenvalue weighted by Gasteiger charge is 2.20. The highest BCUT2D eigenvalue weighted by atomic mass is 19.1. The zero-order valence-corrected chi connectivity index (χ0v) is 20.2. The van der Waals surface area contributed by atoms with E-state index in [1.807, 2.05) is 12.1 Å². The van der Waals surface area contributed by atoms with Gasteiger partial charge in [0.25, 0.3) is 0 Å². The molecular formula is C31H30FNO3. The summed E-state index contributed by atoms with van der Waals surface area (Å²) < 4.78 is 20.7. The molecule has 36 heavy (non-hydrogen) atoms. The first kappa shape index (κ1) is 24.0. The van der Waals surface area contributed by atoms with Crippen LogP contribution in [0.1, 0.15) is 48.0 Å². The largest absolute Gasteiger partial charge is 0.508 e. The third-order valence-corrected chi connectivity index (χ3v) is 6.91. The van der Waals surface area contributed by atoms with Crippen molar-refractivity contribution in [2.75, 3.05) is 13.2 Å². The summed E-state index contributed by atoms with van der Waals surface area (Å²) in [7, 11) is 0. The van der Waals surface area contributed by atoms with E-state index in [1.165, 1.54) is 31.7 Å². The van der Waals surface area contributed by atoms with Crippen LogP contribution in [0.2, 0.25) is 0 Å². The van der Waals surface area contributed by atoms with Crippen LogP contribution < -0.4 is 10.1 Å². The molecule has 4 aromatic rings. The Hall–Kier alpha value is -3.70. The van der Waals surface area contributed by atoms with Crippen LogP contribution in [0.3, 0.4) is 0 Å². The number of benzene rings is 4. The lowest BCUT2D eigenvalue weighted by atomic mass is 9.89. The van der Waals surface area contributed by atoms with Crippen molar-refractivity contribution in [1.82, 2.24) is 5.32 Å². The maximum absolute atomic E-state index is 14.7. The van der Waals surface area contributed by atoms with Gasteiger partial charge in [-0.3, -0.25) is 4.79 Å². The Labute approximate surface area is 210 Å². The normalized spacial score (nSPS) is 16.0. The monoisotopic (exact) mass is 483 g/mol. The Morgan fingerprint density at radius 3 is 2.61 bits per heavy atom. The lowest BCUT2D eigenvalue weighted by Crippen LogP contribution is -2.29. The topological polar surface area (TPSA) is 58.6 Å². The number of phenolic OH excluding ortho intramolecular Hbond substituents is 1. The quantitative estimate of drug-likeness (QED) is 0.281. The Kier molecular flexibility index (Phi) is 7.28. The third-order valence-electron chi connectivity index (χ3n) is 6.91. The number of halogens is 1. The van der Waals surface area contributed by atoms with E-state index in [0.717, 1.165) is 18.7 Å². The van der Waals surface area contributed by atoms with Crippen LogP contribution in [0.5, 0.6) is 11.5 Å². The SMILES string of the molecule is O=C(c1ccc(OCCC2CCCCCN2)cc1)c1c(-c2ccccc2F)ccc2cc(O)ccc12. The lowest BCUT2D eigenvalue weighted by molar-refractivity contribution is 0.104. The van der Waals surface area contributed by atoms with Crippen LogP contribution >= 0.6 is 0 Å². The second-order valence-corrected chi connectivity index (χ2v) is 9.36. The van der Waals surface area contributed by atoms with Crippen molar-refractivity contribution in [2.45, 2.75) is 38.1 Å². The van der Waals surface area contributed by atoms with E-state index in [2.05, 4.69) is 5.32 Å². The fourth-order valence-electron chi connectivity index (χ4n) is 4.98. The lowest BCUT2D eigenvalue weighted by Gasteiger charge is -2.16. The highest BCUT2D eigenvalue weighted by molar-refractivity contribution is 6.20. The van der Waals surface area contributed by atoms with Crippen LogP contribution in [0, 0.1) is 5.82 Å². The number of nitrogens with one attached hydrogen (secondary N) is 1. The molecule has 0 radical (unpaired) electrons. The first-order valence-corrected chi connectivity index (χ1v) is 12.6. The van der Waals surface area contributed by atoms with E-state index in [1.54, 1.807) is 60.7 Å². The van der Waals surface area contributed by atoms with Crippen LogP contribution in [0.25, 0.3) is 21.9 Å². The summed E-state index contributed by atoms with van der Waals surface area (Å²) in [6, 6.07) is 22.5. The minimum absolute atomic E-state index is 0.111. The Bertz CT molecular complexity index is 1360. The maximum Gasteiger partial charge on any atom is 0.194 e. The molecular weight excluding hydrogens is 453 g/mol. The van der Waals surface area contributed by atoms with Gasteiger partial charge in [0.15, 0.2) is 5.78 Å². The van der Waals surface area contributed by atoms with Crippen molar-refractivity contribution >= 4 is 16.6 Å². The second-order valence-electron chi connectivity index (χ2n) is 9.36. The molecule has 1 unspecified atom stereocenters. The first-order chi connectivity index (χ1) is 17.6. The molecule has 2 N–H and O–H groups in total. The standard InChI is InChI=1S/C31H30FNO3/c32-29-8-4-3-7-27(29)28-15-11-22-20-24(34)12-16-26(22)30(28)31(35)21-9-13-25(14-10-21)36-19-17-23-6-2-1-5-18-33-23/h3-4,7-16,20,23,33-34H,1-2,5-6,17-19H2. The molecule has 4 aromatic carbocycles. The fraction of sp³-hybridized carbons (Fsp3) is 0.258. The molecule has 0 spiro atoms. The number of hydrogen-bond acceptors (Lipinski definition) is 4.